The molecule has 0 aliphatic heterocycles. The van der Waals surface area contributed by atoms with Crippen molar-refractivity contribution in [2.24, 2.45) is 0 Å². The number of non-ortho nitro benzene ring substituents is 1. The van der Waals surface area contributed by atoms with Gasteiger partial charge in [0.15, 0.2) is 11.5 Å². The minimum absolute atomic E-state index is 0.0161. The lowest BCUT2D eigenvalue weighted by atomic mass is 10.2. The van der Waals surface area contributed by atoms with E-state index in [2.05, 4.69) is 5.32 Å². The van der Waals surface area contributed by atoms with Crippen molar-refractivity contribution in [3.8, 4) is 11.5 Å². The van der Waals surface area contributed by atoms with Crippen molar-refractivity contribution in [1.29, 1.82) is 0 Å². The van der Waals surface area contributed by atoms with Crippen LogP contribution in [-0.2, 0) is 11.3 Å². The molecule has 0 aromatic heterocycles. The number of likely N-dealkylation sites (N-methyl/N-ethyl adjacent to an activating group) is 1. The van der Waals surface area contributed by atoms with E-state index >= 15 is 0 Å². The molecular formula is C20H25N3O5. The first-order valence-electron chi connectivity index (χ1n) is 9.03. The van der Waals surface area contributed by atoms with E-state index in [1.54, 1.807) is 7.11 Å². The van der Waals surface area contributed by atoms with E-state index in [-0.39, 0.29) is 18.1 Å². The van der Waals surface area contributed by atoms with Gasteiger partial charge in [0.2, 0.25) is 5.91 Å². The van der Waals surface area contributed by atoms with Crippen molar-refractivity contribution >= 4 is 17.3 Å². The standard InChI is InChI=1S/C20H25N3O5/c1-4-22(13-15-6-11-18(28-5-2)19(12-15)27-3)14-20(24)21-16-7-9-17(10-8-16)23(25)26/h6-12H,4-5,13-14H2,1-3H3,(H,21,24). The van der Waals surface area contributed by atoms with E-state index < -0.39 is 4.92 Å². The first-order valence-corrected chi connectivity index (χ1v) is 9.03. The maximum Gasteiger partial charge on any atom is 0.269 e. The molecule has 0 fully saturated rings. The van der Waals surface area contributed by atoms with E-state index in [9.17, 15) is 14.9 Å². The molecule has 0 atom stereocenters. The summed E-state index contributed by atoms with van der Waals surface area (Å²) in [5.41, 5.74) is 1.51. The number of anilines is 1. The van der Waals surface area contributed by atoms with Gasteiger partial charge in [-0.1, -0.05) is 13.0 Å². The second kappa shape index (κ2) is 10.3. The molecule has 0 bridgehead atoms. The molecule has 0 saturated carbocycles. The van der Waals surface area contributed by atoms with Gasteiger partial charge in [0, 0.05) is 24.4 Å². The molecule has 0 aliphatic rings. The lowest BCUT2D eigenvalue weighted by Crippen LogP contribution is -2.32. The molecule has 8 heteroatoms. The highest BCUT2D eigenvalue weighted by Gasteiger charge is 2.13. The summed E-state index contributed by atoms with van der Waals surface area (Å²) in [6, 6.07) is 11.5. The predicted octanol–water partition coefficient (Wildman–Crippen LogP) is 3.46. The maximum atomic E-state index is 12.3. The Balaban J connectivity index is 1.97. The quantitative estimate of drug-likeness (QED) is 0.496. The Hall–Kier alpha value is -3.13. The number of benzene rings is 2. The molecule has 150 valence electrons. The largest absolute Gasteiger partial charge is 0.493 e. The third kappa shape index (κ3) is 5.95. The number of amides is 1. The van der Waals surface area contributed by atoms with Crippen molar-refractivity contribution in [2.75, 3.05) is 32.1 Å². The molecule has 8 nitrogen and oxygen atoms in total. The second-order valence-electron chi connectivity index (χ2n) is 6.07. The molecule has 2 aromatic rings. The minimum Gasteiger partial charge on any atom is -0.493 e. The van der Waals surface area contributed by atoms with Gasteiger partial charge in [-0.15, -0.1) is 0 Å². The van der Waals surface area contributed by atoms with Crippen molar-refractivity contribution in [3.63, 3.8) is 0 Å². The lowest BCUT2D eigenvalue weighted by molar-refractivity contribution is -0.384. The second-order valence-corrected chi connectivity index (χ2v) is 6.07. The van der Waals surface area contributed by atoms with Gasteiger partial charge in [-0.25, -0.2) is 0 Å². The van der Waals surface area contributed by atoms with Crippen LogP contribution in [0, 0.1) is 10.1 Å². The Kier molecular flexibility index (Phi) is 7.76. The lowest BCUT2D eigenvalue weighted by Gasteiger charge is -2.20. The third-order valence-corrected chi connectivity index (χ3v) is 4.11. The van der Waals surface area contributed by atoms with Gasteiger partial charge in [-0.05, 0) is 43.3 Å². The molecule has 1 N–H and O–H groups in total. The summed E-state index contributed by atoms with van der Waals surface area (Å²) in [5, 5.41) is 13.4. The van der Waals surface area contributed by atoms with E-state index in [4.69, 9.17) is 9.47 Å². The van der Waals surface area contributed by atoms with Crippen LogP contribution < -0.4 is 14.8 Å². The summed E-state index contributed by atoms with van der Waals surface area (Å²) in [7, 11) is 1.59. The van der Waals surface area contributed by atoms with Crippen LogP contribution in [0.4, 0.5) is 11.4 Å². The molecule has 1 amide bonds. The topological polar surface area (TPSA) is 93.9 Å². The molecule has 28 heavy (non-hydrogen) atoms. The highest BCUT2D eigenvalue weighted by molar-refractivity contribution is 5.92. The Labute approximate surface area is 164 Å². The smallest absolute Gasteiger partial charge is 0.269 e. The van der Waals surface area contributed by atoms with Crippen molar-refractivity contribution in [2.45, 2.75) is 20.4 Å². The number of hydrogen-bond donors (Lipinski definition) is 1. The van der Waals surface area contributed by atoms with E-state index in [1.165, 1.54) is 24.3 Å². The maximum absolute atomic E-state index is 12.3. The number of ether oxygens (including phenoxy) is 2. The van der Waals surface area contributed by atoms with Gasteiger partial charge >= 0.3 is 0 Å². The van der Waals surface area contributed by atoms with Gasteiger partial charge in [0.05, 0.1) is 25.2 Å². The van der Waals surface area contributed by atoms with Crippen LogP contribution in [0.2, 0.25) is 0 Å². The highest BCUT2D eigenvalue weighted by Crippen LogP contribution is 2.28. The molecule has 0 aliphatic carbocycles. The van der Waals surface area contributed by atoms with Crippen molar-refractivity contribution in [3.05, 3.63) is 58.1 Å². The molecule has 0 saturated heterocycles. The molecule has 2 rings (SSSR count). The van der Waals surface area contributed by atoms with E-state index in [1.807, 2.05) is 36.9 Å². The van der Waals surface area contributed by atoms with Crippen molar-refractivity contribution in [1.82, 2.24) is 4.90 Å². The third-order valence-electron chi connectivity index (χ3n) is 4.11. The van der Waals surface area contributed by atoms with Gasteiger partial charge in [0.1, 0.15) is 0 Å². The molecule has 2 aromatic carbocycles. The number of nitrogens with one attached hydrogen (secondary N) is 1. The summed E-state index contributed by atoms with van der Waals surface area (Å²) in [6.07, 6.45) is 0. The van der Waals surface area contributed by atoms with E-state index in [0.717, 1.165) is 5.56 Å². The Morgan fingerprint density at radius 1 is 1.14 bits per heavy atom. The summed E-state index contributed by atoms with van der Waals surface area (Å²) in [6.45, 7) is 5.90. The summed E-state index contributed by atoms with van der Waals surface area (Å²) in [5.74, 6) is 1.16. The zero-order valence-corrected chi connectivity index (χ0v) is 16.3. The number of hydrogen-bond acceptors (Lipinski definition) is 6. The fourth-order valence-corrected chi connectivity index (χ4v) is 2.69. The molecule has 0 unspecified atom stereocenters. The zero-order valence-electron chi connectivity index (χ0n) is 16.3. The SMILES string of the molecule is CCOc1ccc(CN(CC)CC(=O)Nc2ccc([N+](=O)[O-])cc2)cc1OC. The first kappa shape index (κ1) is 21.2. The van der Waals surface area contributed by atoms with Gasteiger partial charge < -0.3 is 14.8 Å². The normalized spacial score (nSPS) is 10.6. The van der Waals surface area contributed by atoms with Crippen LogP contribution in [0.15, 0.2) is 42.5 Å². The highest BCUT2D eigenvalue weighted by atomic mass is 16.6. The minimum atomic E-state index is -0.477. The van der Waals surface area contributed by atoms with E-state index in [0.29, 0.717) is 36.9 Å². The van der Waals surface area contributed by atoms with Crippen LogP contribution in [0.5, 0.6) is 11.5 Å². The van der Waals surface area contributed by atoms with Crippen LogP contribution in [0.25, 0.3) is 0 Å². The summed E-state index contributed by atoms with van der Waals surface area (Å²) >= 11 is 0. The molecule has 0 heterocycles. The first-order chi connectivity index (χ1) is 13.5. The van der Waals surface area contributed by atoms with Crippen LogP contribution >= 0.6 is 0 Å². The predicted molar refractivity (Wildman–Crippen MR) is 107 cm³/mol. The number of rotatable bonds is 10. The summed E-state index contributed by atoms with van der Waals surface area (Å²) in [4.78, 5) is 24.5. The monoisotopic (exact) mass is 387 g/mol. The number of nitrogens with zero attached hydrogens (tertiary/aromatic N) is 2. The average molecular weight is 387 g/mol. The van der Waals surface area contributed by atoms with Crippen LogP contribution in [-0.4, -0.2) is 42.5 Å². The number of nitro benzene ring substituents is 1. The van der Waals surface area contributed by atoms with Gasteiger partial charge in [0.25, 0.3) is 5.69 Å². The Morgan fingerprint density at radius 3 is 2.43 bits per heavy atom. The average Bonchev–Trinajstić information content (AvgIpc) is 2.69. The van der Waals surface area contributed by atoms with Crippen molar-refractivity contribution < 1.29 is 19.2 Å². The Morgan fingerprint density at radius 2 is 1.86 bits per heavy atom. The van der Waals surface area contributed by atoms with Crippen LogP contribution in [0.1, 0.15) is 19.4 Å². The summed E-state index contributed by atoms with van der Waals surface area (Å²) < 4.78 is 10.9. The number of methoxy groups -OCH3 is 1. The number of carbonyl (C=O) groups excluding carboxylic acids is 1. The van der Waals surface area contributed by atoms with Crippen LogP contribution in [0.3, 0.4) is 0 Å². The fourth-order valence-electron chi connectivity index (χ4n) is 2.69. The molecule has 0 spiro atoms. The molecule has 0 radical (unpaired) electrons. The van der Waals surface area contributed by atoms with Gasteiger partial charge in [-0.3, -0.25) is 19.8 Å². The molecular weight excluding hydrogens is 362 g/mol. The number of carbonyl (C=O) groups is 1. The van der Waals surface area contributed by atoms with Gasteiger partial charge in [-0.2, -0.15) is 0 Å². The number of nitro groups is 1. The fraction of sp³-hybridized carbons (Fsp3) is 0.350. The Bertz CT molecular complexity index is 808. The zero-order chi connectivity index (χ0) is 20.5.